The van der Waals surface area contributed by atoms with Crippen molar-refractivity contribution in [3.63, 3.8) is 0 Å². The Balaban J connectivity index is 1.65. The van der Waals surface area contributed by atoms with Gasteiger partial charge in [0.15, 0.2) is 0 Å². The van der Waals surface area contributed by atoms with Crippen LogP contribution in [0.15, 0.2) is 48.5 Å². The van der Waals surface area contributed by atoms with Crippen molar-refractivity contribution in [3.05, 3.63) is 75.3 Å². The number of nitrogens with zero attached hydrogens (tertiary/aromatic N) is 1. The van der Waals surface area contributed by atoms with Crippen LogP contribution in [0.3, 0.4) is 0 Å². The molecule has 1 aliphatic carbocycles. The Bertz CT molecular complexity index is 949. The van der Waals surface area contributed by atoms with Crippen LogP contribution >= 0.6 is 0 Å². The number of para-hydroxylation sites is 1. The van der Waals surface area contributed by atoms with Gasteiger partial charge in [-0.2, -0.15) is 0 Å². The Morgan fingerprint density at radius 3 is 2.44 bits per heavy atom. The second-order valence-corrected chi connectivity index (χ2v) is 9.68. The van der Waals surface area contributed by atoms with Gasteiger partial charge in [-0.05, 0) is 68.9 Å². The number of hydrogen-bond donors (Lipinski definition) is 1. The van der Waals surface area contributed by atoms with Crippen LogP contribution in [-0.2, 0) is 16.2 Å². The summed E-state index contributed by atoms with van der Waals surface area (Å²) in [7, 11) is 0. The number of rotatable bonds is 11. The van der Waals surface area contributed by atoms with E-state index in [9.17, 15) is 14.9 Å². The van der Waals surface area contributed by atoms with Crippen molar-refractivity contribution >= 4 is 5.97 Å². The first kappa shape index (κ1) is 25.5. The summed E-state index contributed by atoms with van der Waals surface area (Å²) < 4.78 is 12.0. The molecule has 1 aliphatic rings. The Morgan fingerprint density at radius 2 is 1.79 bits per heavy atom. The van der Waals surface area contributed by atoms with E-state index in [4.69, 9.17) is 9.47 Å². The lowest BCUT2D eigenvalue weighted by atomic mass is 9.97. The van der Waals surface area contributed by atoms with Gasteiger partial charge in [0.25, 0.3) is 5.09 Å². The van der Waals surface area contributed by atoms with Gasteiger partial charge in [-0.15, -0.1) is 10.1 Å². The average Bonchev–Trinajstić information content (AvgIpc) is 3.34. The molecular weight excluding hydrogens is 436 g/mol. The van der Waals surface area contributed by atoms with Crippen molar-refractivity contribution in [3.8, 4) is 5.75 Å². The summed E-state index contributed by atoms with van der Waals surface area (Å²) in [4.78, 5) is 27.5. The smallest absolute Gasteiger partial charge is 0.338 e. The van der Waals surface area contributed by atoms with Crippen molar-refractivity contribution in [2.45, 2.75) is 70.6 Å². The van der Waals surface area contributed by atoms with E-state index in [1.165, 1.54) is 31.2 Å². The van der Waals surface area contributed by atoms with E-state index >= 15 is 0 Å². The van der Waals surface area contributed by atoms with E-state index < -0.39 is 17.2 Å². The van der Waals surface area contributed by atoms with Crippen molar-refractivity contribution in [1.82, 2.24) is 5.32 Å². The summed E-state index contributed by atoms with van der Waals surface area (Å²) >= 11 is 0. The van der Waals surface area contributed by atoms with Crippen LogP contribution in [0.2, 0.25) is 0 Å². The molecular formula is C26H34N2O6. The van der Waals surface area contributed by atoms with Crippen LogP contribution in [-0.4, -0.2) is 35.9 Å². The highest BCUT2D eigenvalue weighted by Crippen LogP contribution is 2.38. The number of ether oxygens (including phenoxy) is 2. The number of hydrogen-bond acceptors (Lipinski definition) is 7. The third-order valence-corrected chi connectivity index (χ3v) is 5.80. The molecule has 0 heterocycles. The zero-order chi connectivity index (χ0) is 24.6. The van der Waals surface area contributed by atoms with Crippen LogP contribution in [0.5, 0.6) is 5.75 Å². The first-order valence-electron chi connectivity index (χ1n) is 11.8. The summed E-state index contributed by atoms with van der Waals surface area (Å²) in [5.41, 5.74) is 2.02. The van der Waals surface area contributed by atoms with Crippen molar-refractivity contribution in [2.24, 2.45) is 0 Å². The summed E-state index contributed by atoms with van der Waals surface area (Å²) in [5.74, 6) is 0.888. The normalized spacial score (nSPS) is 15.0. The van der Waals surface area contributed by atoms with Crippen LogP contribution in [0.4, 0.5) is 0 Å². The zero-order valence-corrected chi connectivity index (χ0v) is 20.1. The maximum Gasteiger partial charge on any atom is 0.338 e. The minimum absolute atomic E-state index is 0.148. The summed E-state index contributed by atoms with van der Waals surface area (Å²) in [6.07, 6.45) is 4.33. The number of nitrogens with one attached hydrogen (secondary N) is 1. The second-order valence-electron chi connectivity index (χ2n) is 9.68. The van der Waals surface area contributed by atoms with E-state index in [1.807, 2.05) is 39.0 Å². The summed E-state index contributed by atoms with van der Waals surface area (Å²) in [6.45, 7) is 6.65. The molecule has 2 aromatic rings. The van der Waals surface area contributed by atoms with Crippen LogP contribution in [0, 0.1) is 10.1 Å². The number of carbonyl (C=O) groups is 1. The fourth-order valence-corrected chi connectivity index (χ4v) is 4.01. The highest BCUT2D eigenvalue weighted by Gasteiger charge is 2.23. The molecule has 0 amide bonds. The minimum Gasteiger partial charge on any atom is -0.489 e. The lowest BCUT2D eigenvalue weighted by Crippen LogP contribution is -2.44. The standard InChI is InChI=1S/C26H34N2O6/c1-26(2,3)27-16-22(18-32-24-11-7-6-10-23(24)20-8-4-5-9-20)34-25(29)21-14-12-19(13-15-21)17-33-28(30)31/h6-7,10-15,20,22,27H,4-5,8-9,16-18H2,1-3H3. The van der Waals surface area contributed by atoms with Gasteiger partial charge in [-0.3, -0.25) is 0 Å². The molecule has 34 heavy (non-hydrogen) atoms. The van der Waals surface area contributed by atoms with E-state index in [1.54, 1.807) is 24.3 Å². The first-order chi connectivity index (χ1) is 16.2. The molecule has 0 aromatic heterocycles. The Kier molecular flexibility index (Phi) is 8.87. The maximum absolute atomic E-state index is 12.8. The minimum atomic E-state index is -0.847. The molecule has 1 fully saturated rings. The number of carbonyl (C=O) groups excluding carboxylic acids is 1. The molecule has 0 aliphatic heterocycles. The molecule has 0 saturated heterocycles. The quantitative estimate of drug-likeness (QED) is 0.279. The highest BCUT2D eigenvalue weighted by atomic mass is 16.9. The molecule has 0 radical (unpaired) electrons. The average molecular weight is 471 g/mol. The molecule has 0 bridgehead atoms. The van der Waals surface area contributed by atoms with Gasteiger partial charge in [-0.25, -0.2) is 4.79 Å². The maximum atomic E-state index is 12.8. The van der Waals surface area contributed by atoms with Gasteiger partial charge >= 0.3 is 5.97 Å². The first-order valence-corrected chi connectivity index (χ1v) is 11.8. The SMILES string of the molecule is CC(C)(C)NCC(COc1ccccc1C1CCCC1)OC(=O)c1ccc(CO[N+](=O)[O-])cc1. The molecule has 8 nitrogen and oxygen atoms in total. The fourth-order valence-electron chi connectivity index (χ4n) is 4.01. The van der Waals surface area contributed by atoms with E-state index in [-0.39, 0.29) is 18.8 Å². The fraction of sp³-hybridized carbons (Fsp3) is 0.500. The largest absolute Gasteiger partial charge is 0.489 e. The Hall–Kier alpha value is -3.13. The van der Waals surface area contributed by atoms with Crippen molar-refractivity contribution in [2.75, 3.05) is 13.2 Å². The van der Waals surface area contributed by atoms with Gasteiger partial charge in [0.2, 0.25) is 0 Å². The molecule has 1 N–H and O–H groups in total. The summed E-state index contributed by atoms with van der Waals surface area (Å²) in [5, 5.41) is 12.9. The topological polar surface area (TPSA) is 99.9 Å². The van der Waals surface area contributed by atoms with Crippen LogP contribution in [0.25, 0.3) is 0 Å². The molecule has 184 valence electrons. The van der Waals surface area contributed by atoms with Gasteiger partial charge in [0.1, 0.15) is 25.1 Å². The Morgan fingerprint density at radius 1 is 1.12 bits per heavy atom. The zero-order valence-electron chi connectivity index (χ0n) is 20.1. The van der Waals surface area contributed by atoms with Gasteiger partial charge in [0, 0.05) is 12.1 Å². The molecule has 8 heteroatoms. The van der Waals surface area contributed by atoms with Gasteiger partial charge in [0.05, 0.1) is 5.56 Å². The predicted molar refractivity (Wildman–Crippen MR) is 128 cm³/mol. The summed E-state index contributed by atoms with van der Waals surface area (Å²) in [6, 6.07) is 14.5. The molecule has 0 spiro atoms. The van der Waals surface area contributed by atoms with E-state index in [0.29, 0.717) is 23.6 Å². The second kappa shape index (κ2) is 11.8. The molecule has 2 aromatic carbocycles. The van der Waals surface area contributed by atoms with E-state index in [2.05, 4.69) is 16.2 Å². The third kappa shape index (κ3) is 8.02. The monoisotopic (exact) mass is 470 g/mol. The number of esters is 1. The van der Waals surface area contributed by atoms with Gasteiger partial charge < -0.3 is 19.6 Å². The van der Waals surface area contributed by atoms with Crippen molar-refractivity contribution < 1.29 is 24.2 Å². The van der Waals surface area contributed by atoms with E-state index in [0.717, 1.165) is 5.75 Å². The van der Waals surface area contributed by atoms with Crippen LogP contribution in [0.1, 0.15) is 73.9 Å². The van der Waals surface area contributed by atoms with Crippen molar-refractivity contribution in [1.29, 1.82) is 0 Å². The lowest BCUT2D eigenvalue weighted by molar-refractivity contribution is -0.763. The van der Waals surface area contributed by atoms with Gasteiger partial charge in [-0.1, -0.05) is 43.2 Å². The molecule has 1 saturated carbocycles. The lowest BCUT2D eigenvalue weighted by Gasteiger charge is -2.26. The number of benzene rings is 2. The Labute approximate surface area is 200 Å². The predicted octanol–water partition coefficient (Wildman–Crippen LogP) is 5.05. The molecule has 1 unspecified atom stereocenters. The highest BCUT2D eigenvalue weighted by molar-refractivity contribution is 5.89. The van der Waals surface area contributed by atoms with Crippen LogP contribution < -0.4 is 10.1 Å². The molecule has 3 rings (SSSR count). The molecule has 1 atom stereocenters. The third-order valence-electron chi connectivity index (χ3n) is 5.80.